The van der Waals surface area contributed by atoms with Crippen LogP contribution in [0.3, 0.4) is 0 Å². The monoisotopic (exact) mass is 248 g/mol. The van der Waals surface area contributed by atoms with Crippen molar-refractivity contribution in [3.05, 3.63) is 90.1 Å². The zero-order valence-corrected chi connectivity index (χ0v) is 11.5. The van der Waals surface area contributed by atoms with Gasteiger partial charge in [0.05, 0.1) is 0 Å². The van der Waals surface area contributed by atoms with E-state index >= 15 is 0 Å². The maximum Gasteiger partial charge on any atom is -0.0224 e. The highest BCUT2D eigenvalue weighted by atomic mass is 14.1. The highest BCUT2D eigenvalue weighted by Gasteiger charge is 2.09. The van der Waals surface area contributed by atoms with E-state index in [9.17, 15) is 0 Å². The fourth-order valence-corrected chi connectivity index (χ4v) is 2.32. The van der Waals surface area contributed by atoms with Gasteiger partial charge < -0.3 is 0 Å². The molecule has 1 aliphatic rings. The Balaban J connectivity index is 2.25. The Morgan fingerprint density at radius 2 is 1.79 bits per heavy atom. The molecular formula is C19H20. The summed E-state index contributed by atoms with van der Waals surface area (Å²) in [5.74, 6) is 0. The molecule has 0 N–H and O–H groups in total. The minimum absolute atomic E-state index is 1.06. The number of aryl methyl sites for hydroxylation is 1. The molecule has 19 heavy (non-hydrogen) atoms. The third-order valence-corrected chi connectivity index (χ3v) is 3.46. The lowest BCUT2D eigenvalue weighted by molar-refractivity contribution is 0.994. The molecule has 0 saturated heterocycles. The van der Waals surface area contributed by atoms with Crippen LogP contribution in [0.2, 0.25) is 0 Å². The first-order chi connectivity index (χ1) is 9.24. The average molecular weight is 248 g/mol. The summed E-state index contributed by atoms with van der Waals surface area (Å²) >= 11 is 0. The van der Waals surface area contributed by atoms with Gasteiger partial charge in [0.2, 0.25) is 0 Å². The summed E-state index contributed by atoms with van der Waals surface area (Å²) in [6.07, 6.45) is 12.3. The van der Waals surface area contributed by atoms with E-state index in [4.69, 9.17) is 0 Å². The second-order valence-corrected chi connectivity index (χ2v) is 4.81. The van der Waals surface area contributed by atoms with Crippen LogP contribution < -0.4 is 0 Å². The number of hydrogen-bond acceptors (Lipinski definition) is 0. The summed E-state index contributed by atoms with van der Waals surface area (Å²) in [4.78, 5) is 0. The lowest BCUT2D eigenvalue weighted by Gasteiger charge is -2.16. The van der Waals surface area contributed by atoms with Crippen molar-refractivity contribution in [3.8, 4) is 0 Å². The number of allylic oxidation sites excluding steroid dienone is 8. The largest absolute Gasteiger partial charge is 0.0990 e. The molecule has 0 aromatic heterocycles. The van der Waals surface area contributed by atoms with E-state index in [-0.39, 0.29) is 0 Å². The van der Waals surface area contributed by atoms with Crippen LogP contribution in [-0.4, -0.2) is 0 Å². The van der Waals surface area contributed by atoms with E-state index in [2.05, 4.69) is 56.5 Å². The Bertz CT molecular complexity index is 563. The molecule has 0 radical (unpaired) electrons. The highest BCUT2D eigenvalue weighted by Crippen LogP contribution is 2.30. The predicted molar refractivity (Wildman–Crippen MR) is 85.0 cm³/mol. The molecule has 0 unspecified atom stereocenters. The van der Waals surface area contributed by atoms with Gasteiger partial charge in [0.25, 0.3) is 0 Å². The van der Waals surface area contributed by atoms with Crippen LogP contribution in [0.5, 0.6) is 0 Å². The van der Waals surface area contributed by atoms with Crippen molar-refractivity contribution in [2.45, 2.75) is 19.8 Å². The fraction of sp³-hybridized carbons (Fsp3) is 0.158. The molecule has 0 heteroatoms. The minimum Gasteiger partial charge on any atom is -0.0990 e. The van der Waals surface area contributed by atoms with E-state index in [1.165, 1.54) is 27.8 Å². The molecule has 1 aromatic carbocycles. The van der Waals surface area contributed by atoms with Gasteiger partial charge in [-0.25, -0.2) is 0 Å². The summed E-state index contributed by atoms with van der Waals surface area (Å²) in [6, 6.07) is 8.74. The van der Waals surface area contributed by atoms with Gasteiger partial charge in [-0.1, -0.05) is 73.4 Å². The molecule has 0 heterocycles. The Morgan fingerprint density at radius 3 is 2.32 bits per heavy atom. The van der Waals surface area contributed by atoms with Crippen LogP contribution in [0.4, 0.5) is 0 Å². The fourth-order valence-electron chi connectivity index (χ4n) is 2.32. The molecule has 0 nitrogen and oxygen atoms in total. The van der Waals surface area contributed by atoms with Crippen molar-refractivity contribution < 1.29 is 0 Å². The maximum absolute atomic E-state index is 3.86. The summed E-state index contributed by atoms with van der Waals surface area (Å²) in [5.41, 5.74) is 6.55. The average Bonchev–Trinajstić information content (AvgIpc) is 2.46. The SMILES string of the molecule is C=C/C=C(\C=C)C1=CC=C(c2ccc(C)cc2)CC1. The molecule has 0 aliphatic heterocycles. The van der Waals surface area contributed by atoms with Crippen molar-refractivity contribution in [2.75, 3.05) is 0 Å². The van der Waals surface area contributed by atoms with Crippen LogP contribution in [0, 0.1) is 6.92 Å². The molecule has 1 aromatic rings. The summed E-state index contributed by atoms with van der Waals surface area (Å²) in [6.45, 7) is 9.73. The van der Waals surface area contributed by atoms with Crippen LogP contribution in [-0.2, 0) is 0 Å². The molecule has 2 rings (SSSR count). The van der Waals surface area contributed by atoms with Crippen molar-refractivity contribution in [1.29, 1.82) is 0 Å². The number of rotatable bonds is 4. The lowest BCUT2D eigenvalue weighted by Crippen LogP contribution is -1.95. The third-order valence-electron chi connectivity index (χ3n) is 3.46. The molecule has 0 fully saturated rings. The minimum atomic E-state index is 1.06. The Kier molecular flexibility index (Phi) is 4.35. The van der Waals surface area contributed by atoms with Gasteiger partial charge in [-0.3, -0.25) is 0 Å². The van der Waals surface area contributed by atoms with Crippen molar-refractivity contribution in [1.82, 2.24) is 0 Å². The Labute approximate surface area is 116 Å². The molecular weight excluding hydrogens is 228 g/mol. The van der Waals surface area contributed by atoms with Crippen LogP contribution in [0.25, 0.3) is 5.57 Å². The smallest absolute Gasteiger partial charge is 0.0224 e. The lowest BCUT2D eigenvalue weighted by atomic mass is 9.89. The second-order valence-electron chi connectivity index (χ2n) is 4.81. The number of hydrogen-bond donors (Lipinski definition) is 0. The first-order valence-electron chi connectivity index (χ1n) is 6.67. The quantitative estimate of drug-likeness (QED) is 0.626. The molecule has 0 bridgehead atoms. The predicted octanol–water partition coefficient (Wildman–Crippen LogP) is 5.40. The van der Waals surface area contributed by atoms with Gasteiger partial charge in [0.1, 0.15) is 0 Å². The highest BCUT2D eigenvalue weighted by molar-refractivity contribution is 5.70. The van der Waals surface area contributed by atoms with Crippen LogP contribution >= 0.6 is 0 Å². The second kappa shape index (κ2) is 6.19. The Hall–Kier alpha value is -2.08. The van der Waals surface area contributed by atoms with Crippen molar-refractivity contribution in [2.24, 2.45) is 0 Å². The van der Waals surface area contributed by atoms with Gasteiger partial charge in [0, 0.05) is 0 Å². The van der Waals surface area contributed by atoms with Gasteiger partial charge in [-0.15, -0.1) is 0 Å². The number of benzene rings is 1. The van der Waals surface area contributed by atoms with Crippen LogP contribution in [0.1, 0.15) is 24.0 Å². The molecule has 1 aliphatic carbocycles. The molecule has 96 valence electrons. The zero-order chi connectivity index (χ0) is 13.7. The summed E-state index contributed by atoms with van der Waals surface area (Å²) in [7, 11) is 0. The standard InChI is InChI=1S/C19H20/c1-4-6-16(5-2)17-11-13-19(14-12-17)18-9-7-15(3)8-10-18/h4-11,13H,1-2,12,14H2,3H3/b16-6+. The van der Waals surface area contributed by atoms with E-state index in [1.807, 2.05) is 18.2 Å². The molecule has 0 spiro atoms. The third kappa shape index (κ3) is 3.23. The molecule has 0 saturated carbocycles. The topological polar surface area (TPSA) is 0 Å². The first kappa shape index (κ1) is 13.4. The van der Waals surface area contributed by atoms with Gasteiger partial charge in [0.15, 0.2) is 0 Å². The Morgan fingerprint density at radius 1 is 1.05 bits per heavy atom. The normalized spacial score (nSPS) is 15.5. The van der Waals surface area contributed by atoms with E-state index in [0.29, 0.717) is 0 Å². The van der Waals surface area contributed by atoms with E-state index in [1.54, 1.807) is 0 Å². The molecule has 0 atom stereocenters. The maximum atomic E-state index is 3.86. The van der Waals surface area contributed by atoms with Crippen molar-refractivity contribution in [3.63, 3.8) is 0 Å². The first-order valence-corrected chi connectivity index (χ1v) is 6.67. The van der Waals surface area contributed by atoms with Gasteiger partial charge >= 0.3 is 0 Å². The summed E-state index contributed by atoms with van der Waals surface area (Å²) in [5, 5.41) is 0. The summed E-state index contributed by atoms with van der Waals surface area (Å²) < 4.78 is 0. The van der Waals surface area contributed by atoms with Crippen molar-refractivity contribution >= 4 is 5.57 Å². The zero-order valence-electron chi connectivity index (χ0n) is 11.5. The van der Waals surface area contributed by atoms with Gasteiger partial charge in [-0.05, 0) is 42.0 Å². The molecule has 0 amide bonds. The van der Waals surface area contributed by atoms with E-state index < -0.39 is 0 Å². The van der Waals surface area contributed by atoms with Gasteiger partial charge in [-0.2, -0.15) is 0 Å². The van der Waals surface area contributed by atoms with E-state index in [0.717, 1.165) is 12.8 Å². The van der Waals surface area contributed by atoms with Crippen LogP contribution in [0.15, 0.2) is 78.9 Å².